The highest BCUT2D eigenvalue weighted by Gasteiger charge is 2.10. The quantitative estimate of drug-likeness (QED) is 0.785. The molecule has 0 spiro atoms. The maximum atomic E-state index is 5.53. The fourth-order valence-corrected chi connectivity index (χ4v) is 1.41. The highest BCUT2D eigenvalue weighted by atomic mass is 14.5. The Bertz CT molecular complexity index is 254. The zero-order chi connectivity index (χ0) is 11.9. The van der Waals surface area contributed by atoms with Gasteiger partial charge in [-0.15, -0.1) is 0 Å². The molecule has 1 aromatic carbocycles. The van der Waals surface area contributed by atoms with Crippen LogP contribution in [-0.2, 0) is 13.0 Å². The summed E-state index contributed by atoms with van der Waals surface area (Å²) in [7, 11) is 0. The van der Waals surface area contributed by atoms with E-state index in [0.717, 1.165) is 6.42 Å². The number of hydrogen-bond acceptors (Lipinski definition) is 1. The molecule has 2 N–H and O–H groups in total. The minimum atomic E-state index is 0.365. The normalized spacial score (nSPS) is 10.5. The lowest BCUT2D eigenvalue weighted by Gasteiger charge is -2.18. The molecule has 0 unspecified atom stereocenters. The molecular weight excluding hydrogens is 182 g/mol. The molecule has 0 aromatic heterocycles. The van der Waals surface area contributed by atoms with Gasteiger partial charge in [-0.2, -0.15) is 0 Å². The summed E-state index contributed by atoms with van der Waals surface area (Å²) in [6.45, 7) is 11.4. The Kier molecular flexibility index (Phi) is 6.26. The molecule has 0 aliphatic carbocycles. The van der Waals surface area contributed by atoms with E-state index in [4.69, 9.17) is 5.73 Å². The van der Waals surface area contributed by atoms with Gasteiger partial charge in [0.2, 0.25) is 0 Å². The Morgan fingerprint density at radius 3 is 1.67 bits per heavy atom. The SMILES string of the molecule is CC.CC(C)(C)Cc1ccc(CN)cc1. The van der Waals surface area contributed by atoms with E-state index in [-0.39, 0.29) is 0 Å². The molecule has 0 amide bonds. The van der Waals surface area contributed by atoms with Crippen molar-refractivity contribution in [2.24, 2.45) is 11.1 Å². The summed E-state index contributed by atoms with van der Waals surface area (Å²) in [4.78, 5) is 0. The average Bonchev–Trinajstić information content (AvgIpc) is 2.20. The second-order valence-corrected chi connectivity index (χ2v) is 4.76. The van der Waals surface area contributed by atoms with Gasteiger partial charge < -0.3 is 5.73 Å². The molecule has 1 aromatic rings. The Morgan fingerprint density at radius 2 is 1.33 bits per heavy atom. The summed E-state index contributed by atoms with van der Waals surface area (Å²) in [5, 5.41) is 0. The fourth-order valence-electron chi connectivity index (χ4n) is 1.41. The van der Waals surface area contributed by atoms with Crippen molar-refractivity contribution >= 4 is 0 Å². The van der Waals surface area contributed by atoms with Crippen LogP contribution in [0.1, 0.15) is 45.7 Å². The van der Waals surface area contributed by atoms with Crippen LogP contribution in [0.3, 0.4) is 0 Å². The number of nitrogens with two attached hydrogens (primary N) is 1. The molecule has 0 heterocycles. The Morgan fingerprint density at radius 1 is 0.933 bits per heavy atom. The highest BCUT2D eigenvalue weighted by Crippen LogP contribution is 2.20. The monoisotopic (exact) mass is 207 g/mol. The Labute approximate surface area is 94.7 Å². The van der Waals surface area contributed by atoms with E-state index >= 15 is 0 Å². The van der Waals surface area contributed by atoms with Gasteiger partial charge in [0, 0.05) is 6.54 Å². The molecular formula is C14H25N. The third-order valence-corrected chi connectivity index (χ3v) is 1.99. The molecule has 0 aliphatic heterocycles. The van der Waals surface area contributed by atoms with Crippen molar-refractivity contribution in [3.8, 4) is 0 Å². The third-order valence-electron chi connectivity index (χ3n) is 1.99. The van der Waals surface area contributed by atoms with Crippen LogP contribution in [0.5, 0.6) is 0 Å². The number of benzene rings is 1. The molecule has 1 rings (SSSR count). The van der Waals surface area contributed by atoms with E-state index in [1.807, 2.05) is 13.8 Å². The summed E-state index contributed by atoms with van der Waals surface area (Å²) < 4.78 is 0. The van der Waals surface area contributed by atoms with E-state index in [1.54, 1.807) is 0 Å². The summed E-state index contributed by atoms with van der Waals surface area (Å²) in [6.07, 6.45) is 1.12. The lowest BCUT2D eigenvalue weighted by Crippen LogP contribution is -2.09. The molecule has 0 atom stereocenters. The van der Waals surface area contributed by atoms with Crippen LogP contribution < -0.4 is 5.73 Å². The largest absolute Gasteiger partial charge is 0.326 e. The van der Waals surface area contributed by atoms with Crippen LogP contribution >= 0.6 is 0 Å². The Hall–Kier alpha value is -0.820. The summed E-state index contributed by atoms with van der Waals surface area (Å²) in [5.74, 6) is 0. The van der Waals surface area contributed by atoms with Crippen molar-refractivity contribution in [3.63, 3.8) is 0 Å². The van der Waals surface area contributed by atoms with E-state index in [1.165, 1.54) is 11.1 Å². The molecule has 0 saturated carbocycles. The van der Waals surface area contributed by atoms with Crippen molar-refractivity contribution in [1.82, 2.24) is 0 Å². The maximum Gasteiger partial charge on any atom is 0.0178 e. The standard InChI is InChI=1S/C12H19N.C2H6/c1-12(2,3)8-10-4-6-11(9-13)7-5-10;1-2/h4-7H,8-9,13H2,1-3H3;1-2H3. The zero-order valence-corrected chi connectivity index (χ0v) is 10.8. The average molecular weight is 207 g/mol. The van der Waals surface area contributed by atoms with Gasteiger partial charge >= 0.3 is 0 Å². The van der Waals surface area contributed by atoms with Crippen molar-refractivity contribution in [3.05, 3.63) is 35.4 Å². The van der Waals surface area contributed by atoms with Crippen LogP contribution in [0.25, 0.3) is 0 Å². The van der Waals surface area contributed by atoms with Gasteiger partial charge in [0.25, 0.3) is 0 Å². The lowest BCUT2D eigenvalue weighted by molar-refractivity contribution is 0.411. The van der Waals surface area contributed by atoms with E-state index in [9.17, 15) is 0 Å². The van der Waals surface area contributed by atoms with Gasteiger partial charge in [-0.3, -0.25) is 0 Å². The Balaban J connectivity index is 0.000000921. The first-order valence-electron chi connectivity index (χ1n) is 5.79. The van der Waals surface area contributed by atoms with Crippen molar-refractivity contribution < 1.29 is 0 Å². The first-order chi connectivity index (χ1) is 7.01. The number of hydrogen-bond donors (Lipinski definition) is 1. The first kappa shape index (κ1) is 14.2. The van der Waals surface area contributed by atoms with Gasteiger partial charge in [-0.05, 0) is 23.0 Å². The third kappa shape index (κ3) is 6.29. The molecule has 86 valence electrons. The predicted molar refractivity (Wildman–Crippen MR) is 68.8 cm³/mol. The van der Waals surface area contributed by atoms with Crippen LogP contribution in [-0.4, -0.2) is 0 Å². The molecule has 1 heteroatoms. The minimum absolute atomic E-state index is 0.365. The van der Waals surface area contributed by atoms with Crippen LogP contribution in [0.4, 0.5) is 0 Å². The van der Waals surface area contributed by atoms with Gasteiger partial charge in [0.05, 0.1) is 0 Å². The summed E-state index contributed by atoms with van der Waals surface area (Å²) in [5.41, 5.74) is 8.49. The first-order valence-corrected chi connectivity index (χ1v) is 5.79. The summed E-state index contributed by atoms with van der Waals surface area (Å²) in [6, 6.07) is 8.57. The van der Waals surface area contributed by atoms with Gasteiger partial charge in [-0.1, -0.05) is 58.9 Å². The molecule has 0 fully saturated rings. The maximum absolute atomic E-state index is 5.53. The highest BCUT2D eigenvalue weighted by molar-refractivity contribution is 5.23. The topological polar surface area (TPSA) is 26.0 Å². The molecule has 0 radical (unpaired) electrons. The molecule has 1 nitrogen and oxygen atoms in total. The summed E-state index contributed by atoms with van der Waals surface area (Å²) >= 11 is 0. The van der Waals surface area contributed by atoms with Gasteiger partial charge in [-0.25, -0.2) is 0 Å². The van der Waals surface area contributed by atoms with Crippen molar-refractivity contribution in [1.29, 1.82) is 0 Å². The second-order valence-electron chi connectivity index (χ2n) is 4.76. The zero-order valence-electron chi connectivity index (χ0n) is 10.8. The fraction of sp³-hybridized carbons (Fsp3) is 0.571. The minimum Gasteiger partial charge on any atom is -0.326 e. The van der Waals surface area contributed by atoms with Crippen LogP contribution in [0.2, 0.25) is 0 Å². The molecule has 15 heavy (non-hydrogen) atoms. The second kappa shape index (κ2) is 6.62. The van der Waals surface area contributed by atoms with Gasteiger partial charge in [0.15, 0.2) is 0 Å². The van der Waals surface area contributed by atoms with E-state index in [2.05, 4.69) is 45.0 Å². The molecule has 0 aliphatic rings. The predicted octanol–water partition coefficient (Wildman–Crippen LogP) is 3.76. The van der Waals surface area contributed by atoms with E-state index in [0.29, 0.717) is 12.0 Å². The van der Waals surface area contributed by atoms with Gasteiger partial charge in [0.1, 0.15) is 0 Å². The molecule has 0 saturated heterocycles. The van der Waals surface area contributed by atoms with E-state index < -0.39 is 0 Å². The number of rotatable bonds is 2. The van der Waals surface area contributed by atoms with Crippen molar-refractivity contribution in [2.75, 3.05) is 0 Å². The van der Waals surface area contributed by atoms with Crippen molar-refractivity contribution in [2.45, 2.75) is 47.6 Å². The van der Waals surface area contributed by atoms with Crippen LogP contribution in [0.15, 0.2) is 24.3 Å². The lowest BCUT2D eigenvalue weighted by atomic mass is 9.88. The van der Waals surface area contributed by atoms with Crippen LogP contribution in [0, 0.1) is 5.41 Å². The smallest absolute Gasteiger partial charge is 0.0178 e. The molecule has 0 bridgehead atoms.